The number of hydrogen-bond acceptors (Lipinski definition) is 6. The molecule has 2 N–H and O–H groups in total. The van der Waals surface area contributed by atoms with Crippen molar-refractivity contribution in [1.82, 2.24) is 10.1 Å². The molecule has 0 saturated carbocycles. The maximum absolute atomic E-state index is 5.80. The zero-order valence-corrected chi connectivity index (χ0v) is 13.2. The number of benzene rings is 1. The van der Waals surface area contributed by atoms with Crippen molar-refractivity contribution in [3.8, 4) is 11.5 Å². The van der Waals surface area contributed by atoms with E-state index in [9.17, 15) is 0 Å². The van der Waals surface area contributed by atoms with Crippen LogP contribution < -0.4 is 5.73 Å². The Morgan fingerprint density at radius 3 is 3.05 bits per heavy atom. The van der Waals surface area contributed by atoms with Crippen LogP contribution in [0.2, 0.25) is 0 Å². The molecule has 1 saturated heterocycles. The molecule has 1 atom stereocenters. The Balaban J connectivity index is 1.89. The third-order valence-electron chi connectivity index (χ3n) is 2.77. The Hall–Kier alpha value is -0.660. The van der Waals surface area contributed by atoms with Crippen LogP contribution in [0.3, 0.4) is 0 Å². The molecule has 0 aliphatic carbocycles. The van der Waals surface area contributed by atoms with Gasteiger partial charge in [0, 0.05) is 27.4 Å². The van der Waals surface area contributed by atoms with Gasteiger partial charge in [-0.15, -0.1) is 11.8 Å². The molecular weight excluding hydrogens is 346 g/mol. The molecule has 2 aromatic rings. The summed E-state index contributed by atoms with van der Waals surface area (Å²) in [6.07, 6.45) is 0. The summed E-state index contributed by atoms with van der Waals surface area (Å²) in [6.45, 7) is 0. The minimum atomic E-state index is 0.330. The van der Waals surface area contributed by atoms with Crippen molar-refractivity contribution in [2.75, 3.05) is 23.0 Å². The van der Waals surface area contributed by atoms with Crippen LogP contribution in [0.25, 0.3) is 11.5 Å². The van der Waals surface area contributed by atoms with E-state index >= 15 is 0 Å². The van der Waals surface area contributed by atoms with Gasteiger partial charge in [-0.25, -0.2) is 0 Å². The van der Waals surface area contributed by atoms with Gasteiger partial charge in [-0.1, -0.05) is 5.16 Å². The van der Waals surface area contributed by atoms with Gasteiger partial charge in [0.2, 0.25) is 0 Å². The van der Waals surface area contributed by atoms with Gasteiger partial charge < -0.3 is 10.3 Å². The minimum absolute atomic E-state index is 0.330. The third kappa shape index (κ3) is 2.93. The van der Waals surface area contributed by atoms with E-state index in [-0.39, 0.29) is 0 Å². The lowest BCUT2D eigenvalue weighted by Gasteiger charge is -2.16. The summed E-state index contributed by atoms with van der Waals surface area (Å²) in [4.78, 5) is 4.51. The van der Waals surface area contributed by atoms with Crippen molar-refractivity contribution in [2.45, 2.75) is 5.25 Å². The minimum Gasteiger partial charge on any atom is -0.399 e. The lowest BCUT2D eigenvalue weighted by Crippen LogP contribution is -2.07. The molecule has 100 valence electrons. The van der Waals surface area contributed by atoms with Crippen molar-refractivity contribution in [3.63, 3.8) is 0 Å². The fourth-order valence-electron chi connectivity index (χ4n) is 1.82. The largest absolute Gasteiger partial charge is 0.399 e. The van der Waals surface area contributed by atoms with E-state index in [0.717, 1.165) is 27.4 Å². The molecule has 1 unspecified atom stereocenters. The molecule has 19 heavy (non-hydrogen) atoms. The summed E-state index contributed by atoms with van der Waals surface area (Å²) in [5, 5.41) is 4.43. The van der Waals surface area contributed by atoms with Gasteiger partial charge >= 0.3 is 0 Å². The van der Waals surface area contributed by atoms with E-state index in [1.165, 1.54) is 5.75 Å². The van der Waals surface area contributed by atoms with Crippen LogP contribution in [-0.2, 0) is 0 Å². The average Bonchev–Trinajstić information content (AvgIpc) is 2.92. The van der Waals surface area contributed by atoms with E-state index < -0.39 is 0 Å². The Morgan fingerprint density at radius 2 is 2.26 bits per heavy atom. The molecule has 0 spiro atoms. The van der Waals surface area contributed by atoms with Crippen LogP contribution >= 0.6 is 39.5 Å². The van der Waals surface area contributed by atoms with Crippen molar-refractivity contribution in [2.24, 2.45) is 0 Å². The normalized spacial score (nSPS) is 19.5. The molecule has 1 aliphatic rings. The van der Waals surface area contributed by atoms with Gasteiger partial charge in [-0.05, 0) is 34.1 Å². The second-order valence-electron chi connectivity index (χ2n) is 4.13. The van der Waals surface area contributed by atoms with Crippen molar-refractivity contribution >= 4 is 45.1 Å². The van der Waals surface area contributed by atoms with E-state index in [4.69, 9.17) is 10.3 Å². The van der Waals surface area contributed by atoms with Gasteiger partial charge in [0.1, 0.15) is 0 Å². The summed E-state index contributed by atoms with van der Waals surface area (Å²) in [5.74, 6) is 4.68. The molecule has 4 nitrogen and oxygen atoms in total. The van der Waals surface area contributed by atoms with Gasteiger partial charge in [0.15, 0.2) is 5.82 Å². The molecule has 0 amide bonds. The first-order valence-corrected chi connectivity index (χ1v) is 8.82. The monoisotopic (exact) mass is 357 g/mol. The highest BCUT2D eigenvalue weighted by Gasteiger charge is 2.22. The number of rotatable bonds is 2. The maximum atomic E-state index is 5.80. The number of aromatic nitrogens is 2. The first-order chi connectivity index (χ1) is 9.24. The number of halogens is 1. The number of hydrogen-bond donors (Lipinski definition) is 1. The second kappa shape index (κ2) is 5.76. The van der Waals surface area contributed by atoms with E-state index in [0.29, 0.717) is 16.8 Å². The SMILES string of the molecule is Nc1ccc(Br)c(-c2nc(C3CSCCS3)no2)c1. The highest BCUT2D eigenvalue weighted by Crippen LogP contribution is 2.37. The quantitative estimate of drug-likeness (QED) is 0.828. The standard InChI is InChI=1S/C12H12BrN3OS2/c13-9-2-1-7(14)5-8(9)12-15-11(16-17-12)10-6-18-3-4-19-10/h1-2,5,10H,3-4,6,14H2. The summed E-state index contributed by atoms with van der Waals surface area (Å²) < 4.78 is 6.28. The van der Waals surface area contributed by atoms with E-state index in [2.05, 4.69) is 26.1 Å². The van der Waals surface area contributed by atoms with Crippen LogP contribution in [0.1, 0.15) is 11.1 Å². The molecule has 1 aliphatic heterocycles. The zero-order chi connectivity index (χ0) is 13.2. The average molecular weight is 358 g/mol. The van der Waals surface area contributed by atoms with Gasteiger partial charge in [0.05, 0.1) is 10.8 Å². The lowest BCUT2D eigenvalue weighted by atomic mass is 10.2. The smallest absolute Gasteiger partial charge is 0.259 e. The lowest BCUT2D eigenvalue weighted by molar-refractivity contribution is 0.423. The second-order valence-corrected chi connectivity index (χ2v) is 7.45. The number of nitrogen functional groups attached to an aromatic ring is 1. The third-order valence-corrected chi connectivity index (χ3v) is 6.21. The molecule has 1 aromatic carbocycles. The Bertz CT molecular complexity index is 584. The van der Waals surface area contributed by atoms with E-state index in [1.54, 1.807) is 0 Å². The van der Waals surface area contributed by atoms with Gasteiger partial charge in [0.25, 0.3) is 5.89 Å². The van der Waals surface area contributed by atoms with Crippen LogP contribution in [-0.4, -0.2) is 27.4 Å². The fourth-order valence-corrected chi connectivity index (χ4v) is 4.82. The van der Waals surface area contributed by atoms with Crippen molar-refractivity contribution in [3.05, 3.63) is 28.5 Å². The Kier molecular flexibility index (Phi) is 4.04. The van der Waals surface area contributed by atoms with Gasteiger partial charge in [-0.3, -0.25) is 0 Å². The van der Waals surface area contributed by atoms with Crippen LogP contribution in [0.4, 0.5) is 5.69 Å². The molecule has 7 heteroatoms. The summed E-state index contributed by atoms with van der Waals surface area (Å²) in [6, 6.07) is 5.56. The van der Waals surface area contributed by atoms with Crippen molar-refractivity contribution < 1.29 is 4.52 Å². The maximum Gasteiger partial charge on any atom is 0.259 e. The summed E-state index contributed by atoms with van der Waals surface area (Å²) >= 11 is 7.31. The predicted molar refractivity (Wildman–Crippen MR) is 84.4 cm³/mol. The molecule has 1 aromatic heterocycles. The highest BCUT2D eigenvalue weighted by molar-refractivity contribution is 9.10. The summed E-state index contributed by atoms with van der Waals surface area (Å²) in [7, 11) is 0. The number of nitrogens with two attached hydrogens (primary N) is 1. The van der Waals surface area contributed by atoms with Crippen LogP contribution in [0.5, 0.6) is 0 Å². The van der Waals surface area contributed by atoms with Crippen LogP contribution in [0, 0.1) is 0 Å². The predicted octanol–water partition coefficient (Wildman–Crippen LogP) is 3.60. The molecule has 1 fully saturated rings. The molecule has 0 radical (unpaired) electrons. The number of nitrogens with zero attached hydrogens (tertiary/aromatic N) is 2. The molecule has 2 heterocycles. The summed E-state index contributed by atoms with van der Waals surface area (Å²) in [5.41, 5.74) is 7.32. The van der Waals surface area contributed by atoms with Crippen LogP contribution in [0.15, 0.2) is 27.2 Å². The van der Waals surface area contributed by atoms with E-state index in [1.807, 2.05) is 41.7 Å². The first-order valence-electron chi connectivity index (χ1n) is 5.82. The van der Waals surface area contributed by atoms with Gasteiger partial charge in [-0.2, -0.15) is 16.7 Å². The highest BCUT2D eigenvalue weighted by atomic mass is 79.9. The van der Waals surface area contributed by atoms with Crippen molar-refractivity contribution in [1.29, 1.82) is 0 Å². The molecular formula is C12H12BrN3OS2. The molecule has 3 rings (SSSR count). The topological polar surface area (TPSA) is 64.9 Å². The number of anilines is 1. The molecule has 0 bridgehead atoms. The zero-order valence-electron chi connectivity index (χ0n) is 10.0. The fraction of sp³-hybridized carbons (Fsp3) is 0.333. The first kappa shape index (κ1) is 13.3. The number of thioether (sulfide) groups is 2. The Morgan fingerprint density at radius 1 is 1.37 bits per heavy atom. The Labute approximate surface area is 128 Å².